The summed E-state index contributed by atoms with van der Waals surface area (Å²) in [5.41, 5.74) is 12.4. The van der Waals surface area contributed by atoms with Crippen LogP contribution in [-0.4, -0.2) is 77.3 Å². The SMILES string of the molecule is CNC(=O)c1cccc(NC(=O)C2NN(C)c3ccc(-c4ccc(N5CCCC5=O)cc4CN4CCCC(Cc5ccc6c(c5)n(C)c(=O)n6C5CCC(=O)NC5=O)CC4)cc32)c1. The molecule has 0 aliphatic carbocycles. The average Bonchev–Trinajstić information content (AvgIpc) is 3.87. The molecule has 3 saturated heterocycles. The lowest BCUT2D eigenvalue weighted by molar-refractivity contribution is -0.135. The van der Waals surface area contributed by atoms with Crippen molar-refractivity contribution in [2.75, 3.05) is 49.0 Å². The van der Waals surface area contributed by atoms with Gasteiger partial charge in [0.1, 0.15) is 12.1 Å². The molecular formula is C48H53N9O6. The number of hydrazine groups is 1. The Balaban J connectivity index is 0.938. The van der Waals surface area contributed by atoms with Crippen molar-refractivity contribution in [1.82, 2.24) is 30.1 Å². The number of nitrogens with zero attached hydrogens (tertiary/aromatic N) is 5. The van der Waals surface area contributed by atoms with E-state index in [0.717, 1.165) is 89.9 Å². The summed E-state index contributed by atoms with van der Waals surface area (Å²) >= 11 is 0. The number of imide groups is 1. The number of imidazole rings is 1. The molecule has 4 N–H and O–H groups in total. The Bertz CT molecular complexity index is 2720. The highest BCUT2D eigenvalue weighted by atomic mass is 16.2. The molecule has 0 bridgehead atoms. The fourth-order valence-electron chi connectivity index (χ4n) is 9.90. The Morgan fingerprint density at radius 2 is 1.68 bits per heavy atom. The molecule has 0 spiro atoms. The van der Waals surface area contributed by atoms with E-state index in [1.807, 2.05) is 35.2 Å². The Labute approximate surface area is 365 Å². The smallest absolute Gasteiger partial charge is 0.329 e. The first kappa shape index (κ1) is 41.8. The van der Waals surface area contributed by atoms with E-state index in [0.29, 0.717) is 48.6 Å². The largest absolute Gasteiger partial charge is 0.355 e. The summed E-state index contributed by atoms with van der Waals surface area (Å²) in [6, 6.07) is 24.1. The lowest BCUT2D eigenvalue weighted by Crippen LogP contribution is -2.44. The van der Waals surface area contributed by atoms with Gasteiger partial charge in [0.25, 0.3) is 5.91 Å². The molecule has 3 atom stereocenters. The first-order valence-corrected chi connectivity index (χ1v) is 21.9. The van der Waals surface area contributed by atoms with Gasteiger partial charge >= 0.3 is 5.69 Å². The summed E-state index contributed by atoms with van der Waals surface area (Å²) in [4.78, 5) is 81.3. The number of anilines is 3. The maximum atomic E-state index is 13.8. The fraction of sp³-hybridized carbons (Fsp3) is 0.375. The van der Waals surface area contributed by atoms with Crippen LogP contribution >= 0.6 is 0 Å². The summed E-state index contributed by atoms with van der Waals surface area (Å²) in [5, 5.41) is 9.86. The number of aryl methyl sites for hydroxylation is 1. The lowest BCUT2D eigenvalue weighted by Gasteiger charge is -2.24. The molecule has 9 rings (SSSR count). The molecule has 4 aliphatic heterocycles. The van der Waals surface area contributed by atoms with Crippen LogP contribution in [-0.2, 0) is 39.2 Å². The fourth-order valence-corrected chi connectivity index (χ4v) is 9.90. The number of carbonyl (C=O) groups is 5. The maximum absolute atomic E-state index is 13.8. The van der Waals surface area contributed by atoms with Crippen LogP contribution < -0.4 is 37.0 Å². The van der Waals surface area contributed by atoms with Gasteiger partial charge in [0.05, 0.1) is 16.7 Å². The first-order chi connectivity index (χ1) is 30.4. The summed E-state index contributed by atoms with van der Waals surface area (Å²) in [7, 11) is 5.19. The zero-order valence-electron chi connectivity index (χ0n) is 35.9. The van der Waals surface area contributed by atoms with Gasteiger partial charge in [-0.3, -0.25) is 43.3 Å². The van der Waals surface area contributed by atoms with Crippen molar-refractivity contribution >= 4 is 57.6 Å². The molecule has 4 aliphatic rings. The number of fused-ring (bicyclic) bond motifs is 2. The van der Waals surface area contributed by atoms with Crippen molar-refractivity contribution in [2.24, 2.45) is 13.0 Å². The number of nitrogens with one attached hydrogen (secondary N) is 4. The zero-order chi connectivity index (χ0) is 43.9. The number of hydrogen-bond donors (Lipinski definition) is 4. The average molecular weight is 852 g/mol. The molecule has 3 fully saturated rings. The molecule has 15 nitrogen and oxygen atoms in total. The summed E-state index contributed by atoms with van der Waals surface area (Å²) in [6.07, 6.45) is 5.83. The number of carbonyl (C=O) groups excluding carboxylic acids is 5. The number of benzene rings is 4. The van der Waals surface area contributed by atoms with E-state index >= 15 is 0 Å². The number of aromatic nitrogens is 2. The minimum absolute atomic E-state index is 0.137. The first-order valence-electron chi connectivity index (χ1n) is 21.9. The van der Waals surface area contributed by atoms with Crippen LogP contribution in [0, 0.1) is 5.92 Å². The van der Waals surface area contributed by atoms with Crippen molar-refractivity contribution in [2.45, 2.75) is 70.0 Å². The third-order valence-electron chi connectivity index (χ3n) is 13.2. The van der Waals surface area contributed by atoms with Crippen LogP contribution in [0.25, 0.3) is 22.2 Å². The molecular weight excluding hydrogens is 799 g/mol. The van der Waals surface area contributed by atoms with Gasteiger partial charge in [0, 0.05) is 69.6 Å². The van der Waals surface area contributed by atoms with E-state index in [1.54, 1.807) is 42.9 Å². The van der Waals surface area contributed by atoms with E-state index in [4.69, 9.17) is 0 Å². The number of likely N-dealkylation sites (tertiary alicyclic amines) is 1. The van der Waals surface area contributed by atoms with Gasteiger partial charge in [-0.2, -0.15) is 0 Å². The monoisotopic (exact) mass is 851 g/mol. The minimum Gasteiger partial charge on any atom is -0.355 e. The Morgan fingerprint density at radius 1 is 0.825 bits per heavy atom. The summed E-state index contributed by atoms with van der Waals surface area (Å²) in [6.45, 7) is 3.21. The summed E-state index contributed by atoms with van der Waals surface area (Å²) < 4.78 is 3.12. The topological polar surface area (TPSA) is 170 Å². The molecule has 1 aromatic heterocycles. The van der Waals surface area contributed by atoms with Crippen LogP contribution in [0.5, 0.6) is 0 Å². The third kappa shape index (κ3) is 8.25. The quantitative estimate of drug-likeness (QED) is 0.142. The van der Waals surface area contributed by atoms with Gasteiger partial charge in [-0.1, -0.05) is 24.3 Å². The highest BCUT2D eigenvalue weighted by molar-refractivity contribution is 6.01. The van der Waals surface area contributed by atoms with E-state index in [-0.39, 0.29) is 35.7 Å². The highest BCUT2D eigenvalue weighted by Gasteiger charge is 2.34. The summed E-state index contributed by atoms with van der Waals surface area (Å²) in [5.74, 6) is -0.659. The Kier molecular flexibility index (Phi) is 11.5. The molecule has 63 heavy (non-hydrogen) atoms. The lowest BCUT2D eigenvalue weighted by atomic mass is 9.92. The molecule has 5 heterocycles. The third-order valence-corrected chi connectivity index (χ3v) is 13.2. The van der Waals surface area contributed by atoms with Crippen molar-refractivity contribution < 1.29 is 24.0 Å². The molecule has 0 saturated carbocycles. The van der Waals surface area contributed by atoms with Gasteiger partial charge in [0.2, 0.25) is 23.6 Å². The van der Waals surface area contributed by atoms with Gasteiger partial charge in [-0.15, -0.1) is 0 Å². The second-order valence-electron chi connectivity index (χ2n) is 17.3. The van der Waals surface area contributed by atoms with Gasteiger partial charge in [-0.05, 0) is 134 Å². The van der Waals surface area contributed by atoms with Crippen molar-refractivity contribution in [3.8, 4) is 11.1 Å². The number of piperidine rings is 1. The van der Waals surface area contributed by atoms with Crippen LogP contribution in [0.4, 0.5) is 17.1 Å². The standard InChI is InChI=1S/C48H53N9O6/c1-49-45(60)32-8-4-9-34(25-32)50-47(62)44-37-27-31(12-16-38(37)54(3)52-44)36-14-13-35(56-21-6-10-43(56)59)26-33(36)28-55-20-5-7-29(19-22-55)23-30-11-15-39-41(24-30)53(2)48(63)57(39)40-17-18-42(58)51-46(40)61/h4,8-9,11-16,24-27,29,40,44,52H,5-7,10,17-23,28H2,1-3H3,(H,49,60)(H,50,62)(H,51,58,61). The minimum atomic E-state index is -0.716. The van der Waals surface area contributed by atoms with E-state index < -0.39 is 18.0 Å². The van der Waals surface area contributed by atoms with E-state index in [9.17, 15) is 28.8 Å². The van der Waals surface area contributed by atoms with Crippen LogP contribution in [0.3, 0.4) is 0 Å². The molecule has 5 amide bonds. The Hall–Kier alpha value is -6.58. The molecule has 5 aromatic rings. The molecule has 3 unspecified atom stereocenters. The highest BCUT2D eigenvalue weighted by Crippen LogP contribution is 2.39. The normalized spacial score (nSPS) is 20.5. The number of rotatable bonds is 10. The van der Waals surface area contributed by atoms with Crippen LogP contribution in [0.15, 0.2) is 83.7 Å². The van der Waals surface area contributed by atoms with Crippen molar-refractivity contribution in [3.05, 3.63) is 112 Å². The van der Waals surface area contributed by atoms with E-state index in [1.165, 1.54) is 4.57 Å². The predicted octanol–water partition coefficient (Wildman–Crippen LogP) is 4.95. The zero-order valence-corrected chi connectivity index (χ0v) is 35.9. The molecule has 4 aromatic carbocycles. The molecule has 0 radical (unpaired) electrons. The predicted molar refractivity (Wildman–Crippen MR) is 241 cm³/mol. The van der Waals surface area contributed by atoms with Crippen molar-refractivity contribution in [3.63, 3.8) is 0 Å². The second-order valence-corrected chi connectivity index (χ2v) is 17.3. The van der Waals surface area contributed by atoms with Crippen LogP contribution in [0.1, 0.15) is 84.1 Å². The van der Waals surface area contributed by atoms with Gasteiger partial charge in [0.15, 0.2) is 0 Å². The van der Waals surface area contributed by atoms with Gasteiger partial charge in [-0.25, -0.2) is 10.2 Å². The second kappa shape index (κ2) is 17.3. The molecule has 326 valence electrons. The number of amides is 5. The Morgan fingerprint density at radius 3 is 2.48 bits per heavy atom. The number of hydrogen-bond acceptors (Lipinski definition) is 9. The maximum Gasteiger partial charge on any atom is 0.329 e. The van der Waals surface area contributed by atoms with Crippen molar-refractivity contribution in [1.29, 1.82) is 0 Å². The van der Waals surface area contributed by atoms with E-state index in [2.05, 4.69) is 62.7 Å². The van der Waals surface area contributed by atoms with Crippen LogP contribution in [0.2, 0.25) is 0 Å². The molecule has 15 heteroatoms. The van der Waals surface area contributed by atoms with Gasteiger partial charge < -0.3 is 20.5 Å².